The van der Waals surface area contributed by atoms with Crippen molar-refractivity contribution in [1.82, 2.24) is 9.88 Å². The third kappa shape index (κ3) is 3.71. The van der Waals surface area contributed by atoms with Crippen molar-refractivity contribution in [2.24, 2.45) is 0 Å². The van der Waals surface area contributed by atoms with Crippen molar-refractivity contribution >= 4 is 10.0 Å². The smallest absolute Gasteiger partial charge is 0.240 e. The van der Waals surface area contributed by atoms with Crippen LogP contribution in [0.3, 0.4) is 0 Å². The minimum absolute atomic E-state index is 0.00467. The van der Waals surface area contributed by atoms with Gasteiger partial charge in [0.15, 0.2) is 0 Å². The van der Waals surface area contributed by atoms with Crippen molar-refractivity contribution in [2.75, 3.05) is 0 Å². The highest BCUT2D eigenvalue weighted by Crippen LogP contribution is 2.23. The molecule has 1 heterocycles. The monoisotopic (exact) mass is 308 g/mol. The van der Waals surface area contributed by atoms with E-state index in [1.165, 1.54) is 6.26 Å². The highest BCUT2D eigenvalue weighted by Gasteiger charge is 2.18. The molecule has 0 aliphatic rings. The van der Waals surface area contributed by atoms with Crippen LogP contribution >= 0.6 is 0 Å². The van der Waals surface area contributed by atoms with Crippen LogP contribution in [0.4, 0.5) is 0 Å². The van der Waals surface area contributed by atoms with Crippen LogP contribution in [0.25, 0.3) is 0 Å². The second-order valence-electron chi connectivity index (χ2n) is 6.02. The fourth-order valence-corrected chi connectivity index (χ4v) is 2.88. The predicted octanol–water partition coefficient (Wildman–Crippen LogP) is 2.76. The van der Waals surface area contributed by atoms with E-state index in [-0.39, 0.29) is 16.9 Å². The first-order valence-corrected chi connectivity index (χ1v) is 8.18. The molecule has 6 heteroatoms. The van der Waals surface area contributed by atoms with Crippen molar-refractivity contribution in [3.63, 3.8) is 0 Å². The first kappa shape index (κ1) is 15.7. The van der Waals surface area contributed by atoms with Gasteiger partial charge >= 0.3 is 0 Å². The van der Waals surface area contributed by atoms with Gasteiger partial charge in [0, 0.05) is 12.1 Å². The van der Waals surface area contributed by atoms with Gasteiger partial charge < -0.3 is 4.52 Å². The Morgan fingerprint density at radius 3 is 2.29 bits per heavy atom. The van der Waals surface area contributed by atoms with E-state index < -0.39 is 10.0 Å². The number of nitrogens with zero attached hydrogens (tertiary/aromatic N) is 1. The topological polar surface area (TPSA) is 72.2 Å². The maximum Gasteiger partial charge on any atom is 0.240 e. The summed E-state index contributed by atoms with van der Waals surface area (Å²) in [6.07, 6.45) is 1.44. The van der Waals surface area contributed by atoms with Crippen molar-refractivity contribution in [1.29, 1.82) is 0 Å². The molecule has 0 aliphatic heterocycles. The molecule has 0 spiro atoms. The summed E-state index contributed by atoms with van der Waals surface area (Å²) in [6, 6.07) is 6.95. The molecule has 5 nitrogen and oxygen atoms in total. The van der Waals surface area contributed by atoms with E-state index in [1.54, 1.807) is 19.1 Å². The number of sulfonamides is 1. The number of aromatic nitrogens is 1. The zero-order chi connectivity index (χ0) is 15.7. The van der Waals surface area contributed by atoms with Crippen LogP contribution in [0.1, 0.15) is 37.6 Å². The van der Waals surface area contributed by atoms with Gasteiger partial charge in [-0.3, -0.25) is 0 Å². The van der Waals surface area contributed by atoms with E-state index in [9.17, 15) is 8.42 Å². The van der Waals surface area contributed by atoms with Gasteiger partial charge in [-0.2, -0.15) is 0 Å². The zero-order valence-electron chi connectivity index (χ0n) is 12.7. The minimum Gasteiger partial charge on any atom is -0.364 e. The quantitative estimate of drug-likeness (QED) is 0.942. The van der Waals surface area contributed by atoms with Gasteiger partial charge in [-0.05, 0) is 30.0 Å². The molecule has 1 aromatic carbocycles. The fourth-order valence-electron chi connectivity index (χ4n) is 1.87. The van der Waals surface area contributed by atoms with Gasteiger partial charge in [0.2, 0.25) is 10.0 Å². The van der Waals surface area contributed by atoms with E-state index in [0.717, 1.165) is 11.1 Å². The third-order valence-corrected chi connectivity index (χ3v) is 4.75. The Kier molecular flexibility index (Phi) is 4.20. The van der Waals surface area contributed by atoms with E-state index in [1.807, 2.05) is 12.1 Å². The summed E-state index contributed by atoms with van der Waals surface area (Å²) in [5, 5.41) is 3.72. The lowest BCUT2D eigenvalue weighted by Gasteiger charge is -2.19. The van der Waals surface area contributed by atoms with E-state index in [2.05, 4.69) is 30.6 Å². The molecule has 0 bridgehead atoms. The molecule has 2 rings (SSSR count). The fraction of sp³-hybridized carbons (Fsp3) is 0.400. The summed E-state index contributed by atoms with van der Waals surface area (Å²) >= 11 is 0. The molecule has 21 heavy (non-hydrogen) atoms. The number of aryl methyl sites for hydroxylation is 1. The van der Waals surface area contributed by atoms with Crippen molar-refractivity contribution in [3.05, 3.63) is 47.3 Å². The van der Waals surface area contributed by atoms with Gasteiger partial charge in [0.1, 0.15) is 6.26 Å². The SMILES string of the molecule is Cc1nocc1CNS(=O)(=O)c1ccc(C(C)(C)C)cc1. The Morgan fingerprint density at radius 2 is 1.81 bits per heavy atom. The maximum absolute atomic E-state index is 12.2. The molecule has 1 N–H and O–H groups in total. The highest BCUT2D eigenvalue weighted by atomic mass is 32.2. The third-order valence-electron chi connectivity index (χ3n) is 3.33. The summed E-state index contributed by atoms with van der Waals surface area (Å²) in [5.74, 6) is 0. The van der Waals surface area contributed by atoms with Gasteiger partial charge in [-0.15, -0.1) is 0 Å². The Morgan fingerprint density at radius 1 is 1.19 bits per heavy atom. The van der Waals surface area contributed by atoms with Crippen molar-refractivity contribution < 1.29 is 12.9 Å². The van der Waals surface area contributed by atoms with Gasteiger partial charge in [0.05, 0.1) is 10.6 Å². The molecule has 1 aromatic heterocycles. The lowest BCUT2D eigenvalue weighted by molar-refractivity contribution is 0.414. The van der Waals surface area contributed by atoms with E-state index in [4.69, 9.17) is 4.52 Å². The van der Waals surface area contributed by atoms with Crippen LogP contribution in [-0.4, -0.2) is 13.6 Å². The van der Waals surface area contributed by atoms with Crippen LogP contribution in [0.5, 0.6) is 0 Å². The first-order valence-electron chi connectivity index (χ1n) is 6.70. The van der Waals surface area contributed by atoms with Crippen LogP contribution in [0, 0.1) is 6.92 Å². The number of hydrogen-bond donors (Lipinski definition) is 1. The van der Waals surface area contributed by atoms with E-state index >= 15 is 0 Å². The normalized spacial score (nSPS) is 12.6. The summed E-state index contributed by atoms with van der Waals surface area (Å²) < 4.78 is 31.8. The Hall–Kier alpha value is -1.66. The molecule has 114 valence electrons. The Balaban J connectivity index is 2.14. The summed E-state index contributed by atoms with van der Waals surface area (Å²) in [4.78, 5) is 0.254. The van der Waals surface area contributed by atoms with Gasteiger partial charge in [-0.1, -0.05) is 38.1 Å². The first-order chi connectivity index (χ1) is 9.70. The molecule has 0 unspecified atom stereocenters. The van der Waals surface area contributed by atoms with Crippen LogP contribution in [0.15, 0.2) is 39.9 Å². The molecule has 0 aliphatic carbocycles. The average Bonchev–Trinajstić information content (AvgIpc) is 2.81. The molecular weight excluding hydrogens is 288 g/mol. The zero-order valence-corrected chi connectivity index (χ0v) is 13.5. The lowest BCUT2D eigenvalue weighted by Crippen LogP contribution is -2.23. The summed E-state index contributed by atoms with van der Waals surface area (Å²) in [5.41, 5.74) is 2.50. The van der Waals surface area contributed by atoms with E-state index in [0.29, 0.717) is 5.69 Å². The Labute approximate surface area is 125 Å². The van der Waals surface area contributed by atoms with Gasteiger partial charge in [-0.25, -0.2) is 13.1 Å². The molecular formula is C15H20N2O3S. The summed E-state index contributed by atoms with van der Waals surface area (Å²) in [6.45, 7) is 8.19. The van der Waals surface area contributed by atoms with Crippen molar-refractivity contribution in [2.45, 2.75) is 44.6 Å². The number of rotatable bonds is 4. The lowest BCUT2D eigenvalue weighted by atomic mass is 9.87. The molecule has 0 amide bonds. The standard InChI is InChI=1S/C15H20N2O3S/c1-11-12(10-20-17-11)9-16-21(18,19)14-7-5-13(6-8-14)15(2,3)4/h5-8,10,16H,9H2,1-4H3. The van der Waals surface area contributed by atoms with Gasteiger partial charge in [0.25, 0.3) is 0 Å². The Bertz CT molecular complexity index is 710. The minimum atomic E-state index is -3.53. The molecule has 0 radical (unpaired) electrons. The molecule has 0 saturated heterocycles. The average molecular weight is 308 g/mol. The summed E-state index contributed by atoms with van der Waals surface area (Å²) in [7, 11) is -3.53. The molecule has 2 aromatic rings. The number of nitrogens with one attached hydrogen (secondary N) is 1. The van der Waals surface area contributed by atoms with Crippen LogP contribution in [0.2, 0.25) is 0 Å². The number of benzene rings is 1. The molecule has 0 saturated carbocycles. The number of hydrogen-bond acceptors (Lipinski definition) is 4. The van der Waals surface area contributed by atoms with Crippen molar-refractivity contribution in [3.8, 4) is 0 Å². The molecule has 0 fully saturated rings. The largest absolute Gasteiger partial charge is 0.364 e. The second kappa shape index (κ2) is 5.61. The highest BCUT2D eigenvalue weighted by molar-refractivity contribution is 7.89. The van der Waals surface area contributed by atoms with Crippen LogP contribution < -0.4 is 4.72 Å². The van der Waals surface area contributed by atoms with Crippen LogP contribution in [-0.2, 0) is 22.0 Å². The second-order valence-corrected chi connectivity index (χ2v) is 7.79. The molecule has 0 atom stereocenters. The predicted molar refractivity (Wildman–Crippen MR) is 80.4 cm³/mol. The maximum atomic E-state index is 12.2.